The monoisotopic (exact) mass is 358 g/mol. The maximum atomic E-state index is 12.5. The van der Waals surface area contributed by atoms with Gasteiger partial charge in [-0.1, -0.05) is 6.92 Å². The Morgan fingerprint density at radius 3 is 2.65 bits per heavy atom. The molecule has 0 spiro atoms. The molecule has 3 rings (SSSR count). The van der Waals surface area contributed by atoms with Gasteiger partial charge in [0.25, 0.3) is 5.91 Å². The Kier molecular flexibility index (Phi) is 6.68. The first-order valence-electron chi connectivity index (χ1n) is 9.14. The lowest BCUT2D eigenvalue weighted by Gasteiger charge is -2.33. The number of nitrogens with one attached hydrogen (secondary N) is 1. The van der Waals surface area contributed by atoms with Crippen LogP contribution in [0, 0.1) is 0 Å². The summed E-state index contributed by atoms with van der Waals surface area (Å²) < 4.78 is 16.6. The van der Waals surface area contributed by atoms with Gasteiger partial charge in [-0.15, -0.1) is 0 Å². The second kappa shape index (κ2) is 9.40. The summed E-state index contributed by atoms with van der Waals surface area (Å²) in [6, 6.07) is 11.1. The van der Waals surface area contributed by atoms with E-state index in [1.54, 1.807) is 18.4 Å². The second-order valence-corrected chi connectivity index (χ2v) is 6.26. The lowest BCUT2D eigenvalue weighted by molar-refractivity contribution is 0.0118. The van der Waals surface area contributed by atoms with Crippen molar-refractivity contribution < 1.29 is 18.7 Å². The molecule has 1 atom stereocenters. The Labute approximate surface area is 154 Å². The van der Waals surface area contributed by atoms with Gasteiger partial charge in [0, 0.05) is 25.2 Å². The number of hydrogen-bond donors (Lipinski definition) is 1. The van der Waals surface area contributed by atoms with E-state index in [1.165, 1.54) is 0 Å². The maximum Gasteiger partial charge on any atom is 0.251 e. The van der Waals surface area contributed by atoms with Crippen molar-refractivity contribution in [2.24, 2.45) is 0 Å². The van der Waals surface area contributed by atoms with Crippen molar-refractivity contribution >= 4 is 5.91 Å². The van der Waals surface area contributed by atoms with E-state index in [-0.39, 0.29) is 11.9 Å². The van der Waals surface area contributed by atoms with E-state index >= 15 is 0 Å². The van der Waals surface area contributed by atoms with Crippen LogP contribution in [0.25, 0.3) is 0 Å². The highest BCUT2D eigenvalue weighted by Crippen LogP contribution is 2.22. The molecule has 0 saturated carbocycles. The average Bonchev–Trinajstić information content (AvgIpc) is 3.22. The fourth-order valence-corrected chi connectivity index (χ4v) is 2.99. The summed E-state index contributed by atoms with van der Waals surface area (Å²) in [5, 5.41) is 3.03. The van der Waals surface area contributed by atoms with Gasteiger partial charge in [-0.05, 0) is 42.8 Å². The average molecular weight is 358 g/mol. The minimum atomic E-state index is -0.100. The number of amides is 1. The number of carbonyl (C=O) groups is 1. The molecule has 1 aliphatic rings. The van der Waals surface area contributed by atoms with E-state index in [0.717, 1.165) is 31.0 Å². The van der Waals surface area contributed by atoms with Crippen LogP contribution in [-0.4, -0.2) is 50.3 Å². The van der Waals surface area contributed by atoms with Crippen LogP contribution in [0.2, 0.25) is 0 Å². The van der Waals surface area contributed by atoms with Gasteiger partial charge < -0.3 is 19.2 Å². The number of benzene rings is 1. The van der Waals surface area contributed by atoms with Crippen molar-refractivity contribution in [2.45, 2.75) is 19.4 Å². The van der Waals surface area contributed by atoms with Crippen LogP contribution in [0.5, 0.6) is 5.75 Å². The van der Waals surface area contributed by atoms with E-state index in [4.69, 9.17) is 13.9 Å². The Balaban J connectivity index is 1.60. The summed E-state index contributed by atoms with van der Waals surface area (Å²) in [4.78, 5) is 14.8. The van der Waals surface area contributed by atoms with Gasteiger partial charge >= 0.3 is 0 Å². The Morgan fingerprint density at radius 2 is 2.00 bits per heavy atom. The molecular weight excluding hydrogens is 332 g/mol. The molecule has 1 aliphatic heterocycles. The molecule has 0 unspecified atom stereocenters. The van der Waals surface area contributed by atoms with E-state index in [1.807, 2.05) is 24.3 Å². The molecule has 0 bridgehead atoms. The molecule has 1 aromatic heterocycles. The highest BCUT2D eigenvalue weighted by atomic mass is 16.5. The van der Waals surface area contributed by atoms with E-state index < -0.39 is 0 Å². The SMILES string of the molecule is CCCOc1ccc(C(=O)NC[C@@H](c2ccco2)N2CCOCC2)cc1. The zero-order chi connectivity index (χ0) is 18.2. The molecule has 6 heteroatoms. The molecule has 2 aromatic rings. The molecule has 1 saturated heterocycles. The quantitative estimate of drug-likeness (QED) is 0.786. The Hall–Kier alpha value is -2.31. The van der Waals surface area contributed by atoms with Gasteiger partial charge in [0.1, 0.15) is 11.5 Å². The van der Waals surface area contributed by atoms with Crippen LogP contribution in [0.1, 0.15) is 35.5 Å². The van der Waals surface area contributed by atoms with Crippen molar-refractivity contribution in [1.82, 2.24) is 10.2 Å². The van der Waals surface area contributed by atoms with Crippen LogP contribution >= 0.6 is 0 Å². The fourth-order valence-electron chi connectivity index (χ4n) is 2.99. The van der Waals surface area contributed by atoms with Crippen molar-refractivity contribution in [3.63, 3.8) is 0 Å². The third-order valence-electron chi connectivity index (χ3n) is 4.40. The summed E-state index contributed by atoms with van der Waals surface area (Å²) >= 11 is 0. The molecule has 140 valence electrons. The fraction of sp³-hybridized carbons (Fsp3) is 0.450. The van der Waals surface area contributed by atoms with Gasteiger partial charge in [0.05, 0.1) is 32.1 Å². The van der Waals surface area contributed by atoms with Crippen LogP contribution in [0.3, 0.4) is 0 Å². The summed E-state index contributed by atoms with van der Waals surface area (Å²) in [5.41, 5.74) is 0.619. The van der Waals surface area contributed by atoms with Gasteiger partial charge in [-0.3, -0.25) is 9.69 Å². The molecule has 26 heavy (non-hydrogen) atoms. The summed E-state index contributed by atoms with van der Waals surface area (Å²) in [6.07, 6.45) is 2.62. The van der Waals surface area contributed by atoms with Crippen LogP contribution < -0.4 is 10.1 Å². The smallest absolute Gasteiger partial charge is 0.251 e. The number of carbonyl (C=O) groups excluding carboxylic acids is 1. The maximum absolute atomic E-state index is 12.5. The molecular formula is C20H26N2O4. The van der Waals surface area contributed by atoms with Gasteiger partial charge in [0.2, 0.25) is 0 Å². The molecule has 1 N–H and O–H groups in total. The second-order valence-electron chi connectivity index (χ2n) is 6.26. The molecule has 1 aromatic carbocycles. The van der Waals surface area contributed by atoms with Crippen LogP contribution in [-0.2, 0) is 4.74 Å². The normalized spacial score (nSPS) is 16.2. The van der Waals surface area contributed by atoms with Crippen LogP contribution in [0.15, 0.2) is 47.1 Å². The zero-order valence-electron chi connectivity index (χ0n) is 15.1. The van der Waals surface area contributed by atoms with Gasteiger partial charge in [0.15, 0.2) is 0 Å². The lowest BCUT2D eigenvalue weighted by Crippen LogP contribution is -2.43. The molecule has 1 fully saturated rings. The lowest BCUT2D eigenvalue weighted by atomic mass is 10.1. The van der Waals surface area contributed by atoms with Crippen molar-refractivity contribution in [3.05, 3.63) is 54.0 Å². The number of ether oxygens (including phenoxy) is 2. The third kappa shape index (κ3) is 4.86. The molecule has 6 nitrogen and oxygen atoms in total. The first-order valence-corrected chi connectivity index (χ1v) is 9.14. The van der Waals surface area contributed by atoms with E-state index in [9.17, 15) is 4.79 Å². The van der Waals surface area contributed by atoms with E-state index in [2.05, 4.69) is 17.1 Å². The summed E-state index contributed by atoms with van der Waals surface area (Å²) in [5.74, 6) is 1.54. The first-order chi connectivity index (χ1) is 12.8. The number of furan rings is 1. The van der Waals surface area contributed by atoms with E-state index in [0.29, 0.717) is 31.9 Å². The topological polar surface area (TPSA) is 63.9 Å². The standard InChI is InChI=1S/C20H26N2O4/c1-2-11-25-17-7-5-16(6-8-17)20(23)21-15-18(19-4-3-12-26-19)22-9-13-24-14-10-22/h3-8,12,18H,2,9-11,13-15H2,1H3,(H,21,23)/t18-/m0/s1. The molecule has 1 amide bonds. The predicted octanol–water partition coefficient (Wildman–Crippen LogP) is 2.87. The first kappa shape index (κ1) is 18.5. The Morgan fingerprint density at radius 1 is 1.23 bits per heavy atom. The minimum Gasteiger partial charge on any atom is -0.494 e. The molecule has 0 radical (unpaired) electrons. The van der Waals surface area contributed by atoms with Crippen molar-refractivity contribution in [2.75, 3.05) is 39.5 Å². The predicted molar refractivity (Wildman–Crippen MR) is 98.4 cm³/mol. The zero-order valence-corrected chi connectivity index (χ0v) is 15.1. The summed E-state index contributed by atoms with van der Waals surface area (Å²) in [6.45, 7) is 6.27. The molecule has 2 heterocycles. The van der Waals surface area contributed by atoms with Crippen molar-refractivity contribution in [3.8, 4) is 5.75 Å². The highest BCUT2D eigenvalue weighted by molar-refractivity contribution is 5.94. The van der Waals surface area contributed by atoms with Gasteiger partial charge in [-0.2, -0.15) is 0 Å². The number of morpholine rings is 1. The minimum absolute atomic E-state index is 0.00464. The number of hydrogen-bond acceptors (Lipinski definition) is 5. The number of nitrogens with zero attached hydrogens (tertiary/aromatic N) is 1. The van der Waals surface area contributed by atoms with Gasteiger partial charge in [-0.25, -0.2) is 0 Å². The number of rotatable bonds is 8. The third-order valence-corrected chi connectivity index (χ3v) is 4.40. The highest BCUT2D eigenvalue weighted by Gasteiger charge is 2.25. The Bertz CT molecular complexity index is 664. The van der Waals surface area contributed by atoms with Crippen LogP contribution in [0.4, 0.5) is 0 Å². The largest absolute Gasteiger partial charge is 0.494 e. The van der Waals surface area contributed by atoms with Crippen molar-refractivity contribution in [1.29, 1.82) is 0 Å². The summed E-state index contributed by atoms with van der Waals surface area (Å²) in [7, 11) is 0. The molecule has 0 aliphatic carbocycles.